The number of benzene rings is 1. The third-order valence-electron chi connectivity index (χ3n) is 5.98. The molecule has 1 aliphatic carbocycles. The molecule has 0 bridgehead atoms. The normalized spacial score (nSPS) is 25.6. The van der Waals surface area contributed by atoms with Crippen molar-refractivity contribution in [1.29, 1.82) is 0 Å². The van der Waals surface area contributed by atoms with Crippen molar-refractivity contribution in [3.63, 3.8) is 0 Å². The third kappa shape index (κ3) is 2.79. The summed E-state index contributed by atoms with van der Waals surface area (Å²) in [6, 6.07) is 2.95. The second kappa shape index (κ2) is 5.51. The number of nitrogens with zero attached hydrogens (tertiary/aromatic N) is 2. The van der Waals surface area contributed by atoms with E-state index < -0.39 is 36.0 Å². The summed E-state index contributed by atoms with van der Waals surface area (Å²) in [6.45, 7) is 11.5. The van der Waals surface area contributed by atoms with Crippen LogP contribution in [0.1, 0.15) is 65.7 Å². The van der Waals surface area contributed by atoms with Crippen LogP contribution in [0.2, 0.25) is 0 Å². The first-order valence-corrected chi connectivity index (χ1v) is 9.29. The van der Waals surface area contributed by atoms with E-state index in [-0.39, 0.29) is 23.8 Å². The molecule has 1 aromatic heterocycles. The fourth-order valence-electron chi connectivity index (χ4n) is 3.59. The Bertz CT molecular complexity index is 907. The Balaban J connectivity index is 1.83. The topological polar surface area (TPSA) is 36.3 Å². The average Bonchev–Trinajstić information content (AvgIpc) is 2.89. The minimum atomic E-state index is -2.76. The van der Waals surface area contributed by atoms with Gasteiger partial charge >= 0.3 is 7.12 Å². The molecule has 0 spiro atoms. The Labute approximate surface area is 157 Å². The molecule has 1 aliphatic heterocycles. The van der Waals surface area contributed by atoms with E-state index in [9.17, 15) is 13.2 Å². The van der Waals surface area contributed by atoms with E-state index in [1.165, 1.54) is 6.07 Å². The van der Waals surface area contributed by atoms with E-state index in [1.54, 1.807) is 10.6 Å². The minimum Gasteiger partial charge on any atom is -0.399 e. The number of rotatable bonds is 3. The van der Waals surface area contributed by atoms with Crippen molar-refractivity contribution < 1.29 is 22.5 Å². The lowest BCUT2D eigenvalue weighted by molar-refractivity contribution is 0.00578. The first-order valence-electron chi connectivity index (χ1n) is 9.29. The molecule has 2 fully saturated rings. The summed E-state index contributed by atoms with van der Waals surface area (Å²) in [6.07, 6.45) is -0.241. The number of fused-ring (bicyclic) bond motifs is 1. The van der Waals surface area contributed by atoms with Gasteiger partial charge in [0.25, 0.3) is 5.92 Å². The van der Waals surface area contributed by atoms with Crippen molar-refractivity contribution in [3.8, 4) is 0 Å². The van der Waals surface area contributed by atoms with Crippen LogP contribution in [-0.2, 0) is 9.31 Å². The van der Waals surface area contributed by atoms with Gasteiger partial charge in [-0.15, -0.1) is 0 Å². The summed E-state index contributed by atoms with van der Waals surface area (Å²) < 4.78 is 55.9. The molecule has 146 valence electrons. The first kappa shape index (κ1) is 18.8. The lowest BCUT2D eigenvalue weighted by Gasteiger charge is -2.32. The van der Waals surface area contributed by atoms with Gasteiger partial charge in [-0.05, 0) is 59.1 Å². The van der Waals surface area contributed by atoms with Crippen LogP contribution in [0.5, 0.6) is 0 Å². The number of halogens is 3. The van der Waals surface area contributed by atoms with E-state index in [0.717, 1.165) is 0 Å². The largest absolute Gasteiger partial charge is 0.495 e. The van der Waals surface area contributed by atoms with Gasteiger partial charge in [0.05, 0.1) is 22.6 Å². The van der Waals surface area contributed by atoms with Crippen molar-refractivity contribution in [2.45, 2.75) is 77.0 Å². The zero-order chi connectivity index (χ0) is 19.9. The summed E-state index contributed by atoms with van der Waals surface area (Å²) in [5, 5.41) is 0. The molecule has 1 saturated carbocycles. The molecule has 0 N–H and O–H groups in total. The van der Waals surface area contributed by atoms with Crippen LogP contribution in [0, 0.1) is 5.82 Å². The average molecular weight is 380 g/mol. The smallest absolute Gasteiger partial charge is 0.399 e. The third-order valence-corrected chi connectivity index (χ3v) is 5.98. The van der Waals surface area contributed by atoms with Gasteiger partial charge < -0.3 is 13.9 Å². The predicted octanol–water partition coefficient (Wildman–Crippen LogP) is 4.18. The van der Waals surface area contributed by atoms with E-state index in [4.69, 9.17) is 9.31 Å². The standard InChI is InChI=1S/C19H24BF3N2O2/c1-10(2)25-14-8-11(20-26-17(3,4)18(5,6)27-20)7-13(21)15(14)24-16(25)12-9-19(12,22)23/h7-8,10,12H,9H2,1-6H3. The monoisotopic (exact) mass is 380 g/mol. The highest BCUT2D eigenvalue weighted by Crippen LogP contribution is 2.56. The van der Waals surface area contributed by atoms with Crippen LogP contribution in [0.4, 0.5) is 13.2 Å². The number of hydrogen-bond donors (Lipinski definition) is 0. The number of imidazole rings is 1. The summed E-state index contributed by atoms with van der Waals surface area (Å²) in [7, 11) is -0.727. The summed E-state index contributed by atoms with van der Waals surface area (Å²) >= 11 is 0. The van der Waals surface area contributed by atoms with Crippen molar-refractivity contribution >= 4 is 23.6 Å². The Morgan fingerprint density at radius 3 is 2.19 bits per heavy atom. The van der Waals surface area contributed by atoms with Gasteiger partial charge in [-0.2, -0.15) is 0 Å². The second-order valence-corrected chi connectivity index (χ2v) is 8.91. The maximum absolute atomic E-state index is 14.8. The molecule has 1 unspecified atom stereocenters. The maximum Gasteiger partial charge on any atom is 0.495 e. The fraction of sp³-hybridized carbons (Fsp3) is 0.632. The zero-order valence-corrected chi connectivity index (χ0v) is 16.4. The molecule has 2 heterocycles. The molecule has 27 heavy (non-hydrogen) atoms. The highest BCUT2D eigenvalue weighted by molar-refractivity contribution is 6.62. The minimum absolute atomic E-state index is 0.113. The van der Waals surface area contributed by atoms with E-state index >= 15 is 0 Å². The van der Waals surface area contributed by atoms with Crippen LogP contribution >= 0.6 is 0 Å². The van der Waals surface area contributed by atoms with Gasteiger partial charge in [0.1, 0.15) is 11.3 Å². The highest BCUT2D eigenvalue weighted by Gasteiger charge is 2.60. The summed E-state index contributed by atoms with van der Waals surface area (Å²) in [5.41, 5.74) is 0.0225. The van der Waals surface area contributed by atoms with Crippen molar-refractivity contribution in [2.24, 2.45) is 0 Å². The SMILES string of the molecule is CC(C)n1c(C2CC2(F)F)nc2c(F)cc(B3OC(C)(C)C(C)(C)O3)cc21. The lowest BCUT2D eigenvalue weighted by Crippen LogP contribution is -2.41. The van der Waals surface area contributed by atoms with Gasteiger partial charge in [-0.1, -0.05) is 0 Å². The van der Waals surface area contributed by atoms with Crippen molar-refractivity contribution in [2.75, 3.05) is 0 Å². The Morgan fingerprint density at radius 1 is 1.15 bits per heavy atom. The molecular formula is C19H24BF3N2O2. The highest BCUT2D eigenvalue weighted by atomic mass is 19.3. The predicted molar refractivity (Wildman–Crippen MR) is 98.1 cm³/mol. The summed E-state index contributed by atoms with van der Waals surface area (Å²) in [4.78, 5) is 4.24. The zero-order valence-electron chi connectivity index (χ0n) is 16.4. The van der Waals surface area contributed by atoms with Crippen LogP contribution in [-0.4, -0.2) is 33.8 Å². The molecule has 4 nitrogen and oxygen atoms in total. The molecule has 1 saturated heterocycles. The Morgan fingerprint density at radius 2 is 1.70 bits per heavy atom. The molecular weight excluding hydrogens is 356 g/mol. The van der Waals surface area contributed by atoms with Crippen molar-refractivity contribution in [3.05, 3.63) is 23.8 Å². The molecule has 4 rings (SSSR count). The van der Waals surface area contributed by atoms with Crippen LogP contribution in [0.15, 0.2) is 12.1 Å². The van der Waals surface area contributed by atoms with Gasteiger partial charge in [0, 0.05) is 12.5 Å². The molecule has 1 atom stereocenters. The van der Waals surface area contributed by atoms with Crippen LogP contribution in [0.3, 0.4) is 0 Å². The molecule has 1 aromatic carbocycles. The molecule has 2 aromatic rings. The van der Waals surface area contributed by atoms with Gasteiger partial charge in [-0.3, -0.25) is 0 Å². The van der Waals surface area contributed by atoms with E-state index in [2.05, 4.69) is 4.98 Å². The first-order chi connectivity index (χ1) is 12.3. The van der Waals surface area contributed by atoms with E-state index in [1.807, 2.05) is 41.5 Å². The van der Waals surface area contributed by atoms with Crippen LogP contribution < -0.4 is 5.46 Å². The molecule has 8 heteroatoms. The lowest BCUT2D eigenvalue weighted by atomic mass is 9.79. The Kier molecular flexibility index (Phi) is 3.84. The number of alkyl halides is 2. The Hall–Kier alpha value is -1.54. The molecule has 2 aliphatic rings. The second-order valence-electron chi connectivity index (χ2n) is 8.91. The number of hydrogen-bond acceptors (Lipinski definition) is 3. The van der Waals surface area contributed by atoms with Crippen LogP contribution in [0.25, 0.3) is 11.0 Å². The number of aromatic nitrogens is 2. The van der Waals surface area contributed by atoms with Gasteiger partial charge in [0.15, 0.2) is 5.82 Å². The summed E-state index contributed by atoms with van der Waals surface area (Å²) in [5.74, 6) is -4.03. The maximum atomic E-state index is 14.8. The molecule has 0 radical (unpaired) electrons. The van der Waals surface area contributed by atoms with Gasteiger partial charge in [-0.25, -0.2) is 18.2 Å². The van der Waals surface area contributed by atoms with E-state index in [0.29, 0.717) is 11.0 Å². The quantitative estimate of drug-likeness (QED) is 0.750. The van der Waals surface area contributed by atoms with Gasteiger partial charge in [0.2, 0.25) is 0 Å². The fourth-order valence-corrected chi connectivity index (χ4v) is 3.59. The van der Waals surface area contributed by atoms with Crippen molar-refractivity contribution in [1.82, 2.24) is 9.55 Å². The molecule has 0 amide bonds.